The average Bonchev–Trinajstić information content (AvgIpc) is 2.63. The predicted octanol–water partition coefficient (Wildman–Crippen LogP) is 3.19. The standard InChI is InChI=1S/C13H21ClN4/c1-3-10-5-4-7-18(8-6-10)13-11(15-2)12(14)16-9-17-13/h9-10,15H,3-8H2,1-2H3. The van der Waals surface area contributed by atoms with Crippen LogP contribution in [0.1, 0.15) is 32.6 Å². The highest BCUT2D eigenvalue weighted by atomic mass is 35.5. The van der Waals surface area contributed by atoms with E-state index in [0.717, 1.165) is 30.5 Å². The minimum atomic E-state index is 0.499. The highest BCUT2D eigenvalue weighted by molar-refractivity contribution is 6.32. The number of nitrogens with one attached hydrogen (secondary N) is 1. The van der Waals surface area contributed by atoms with Crippen LogP contribution in [0, 0.1) is 5.92 Å². The molecule has 0 aliphatic carbocycles. The first-order chi connectivity index (χ1) is 8.76. The van der Waals surface area contributed by atoms with Crippen LogP contribution in [-0.4, -0.2) is 30.1 Å². The zero-order chi connectivity index (χ0) is 13.0. The van der Waals surface area contributed by atoms with E-state index >= 15 is 0 Å². The molecule has 1 aliphatic heterocycles. The SMILES string of the molecule is CCC1CCCN(c2ncnc(Cl)c2NC)CC1. The summed E-state index contributed by atoms with van der Waals surface area (Å²) in [7, 11) is 1.86. The quantitative estimate of drug-likeness (QED) is 0.855. The Balaban J connectivity index is 2.18. The summed E-state index contributed by atoms with van der Waals surface area (Å²) in [6.45, 7) is 4.39. The number of halogens is 1. The van der Waals surface area contributed by atoms with Gasteiger partial charge in [0.15, 0.2) is 11.0 Å². The third-order valence-electron chi connectivity index (χ3n) is 3.76. The number of rotatable bonds is 3. The van der Waals surface area contributed by atoms with Crippen LogP contribution in [0.25, 0.3) is 0 Å². The van der Waals surface area contributed by atoms with Gasteiger partial charge in [-0.2, -0.15) is 0 Å². The summed E-state index contributed by atoms with van der Waals surface area (Å²) in [5.41, 5.74) is 0.842. The molecule has 1 aliphatic rings. The third kappa shape index (κ3) is 2.86. The molecule has 1 aromatic rings. The van der Waals surface area contributed by atoms with Gasteiger partial charge in [0.05, 0.1) is 0 Å². The Labute approximate surface area is 114 Å². The van der Waals surface area contributed by atoms with Crippen molar-refractivity contribution in [3.8, 4) is 0 Å². The number of nitrogens with zero attached hydrogens (tertiary/aromatic N) is 3. The Morgan fingerprint density at radius 2 is 2.22 bits per heavy atom. The number of anilines is 2. The molecule has 1 saturated heterocycles. The first-order valence-electron chi connectivity index (χ1n) is 6.69. The fourth-order valence-electron chi connectivity index (χ4n) is 2.60. The second-order valence-electron chi connectivity index (χ2n) is 4.81. The van der Waals surface area contributed by atoms with Crippen molar-refractivity contribution in [1.29, 1.82) is 0 Å². The Bertz CT molecular complexity index is 397. The highest BCUT2D eigenvalue weighted by Gasteiger charge is 2.20. The summed E-state index contributed by atoms with van der Waals surface area (Å²) >= 11 is 6.11. The van der Waals surface area contributed by atoms with Gasteiger partial charge in [0.25, 0.3) is 0 Å². The van der Waals surface area contributed by atoms with E-state index in [0.29, 0.717) is 5.15 Å². The molecule has 0 saturated carbocycles. The lowest BCUT2D eigenvalue weighted by Gasteiger charge is -2.24. The maximum Gasteiger partial charge on any atom is 0.157 e. The lowest BCUT2D eigenvalue weighted by molar-refractivity contribution is 0.459. The molecule has 4 nitrogen and oxygen atoms in total. The zero-order valence-corrected chi connectivity index (χ0v) is 11.9. The van der Waals surface area contributed by atoms with E-state index in [1.807, 2.05) is 7.05 Å². The molecule has 0 bridgehead atoms. The largest absolute Gasteiger partial charge is 0.383 e. The van der Waals surface area contributed by atoms with E-state index in [1.54, 1.807) is 6.33 Å². The van der Waals surface area contributed by atoms with E-state index in [-0.39, 0.29) is 0 Å². The van der Waals surface area contributed by atoms with Crippen molar-refractivity contribution in [1.82, 2.24) is 9.97 Å². The summed E-state index contributed by atoms with van der Waals surface area (Å²) in [5, 5.41) is 3.61. The summed E-state index contributed by atoms with van der Waals surface area (Å²) < 4.78 is 0. The minimum absolute atomic E-state index is 0.499. The first-order valence-corrected chi connectivity index (χ1v) is 7.07. The van der Waals surface area contributed by atoms with E-state index < -0.39 is 0 Å². The Kier molecular flexibility index (Phi) is 4.64. The molecule has 100 valence electrons. The van der Waals surface area contributed by atoms with Gasteiger partial charge in [-0.05, 0) is 25.2 Å². The van der Waals surface area contributed by atoms with Gasteiger partial charge in [-0.1, -0.05) is 24.9 Å². The van der Waals surface area contributed by atoms with E-state index in [9.17, 15) is 0 Å². The van der Waals surface area contributed by atoms with Gasteiger partial charge in [-0.3, -0.25) is 0 Å². The second-order valence-corrected chi connectivity index (χ2v) is 5.16. The van der Waals surface area contributed by atoms with Gasteiger partial charge >= 0.3 is 0 Å². The maximum atomic E-state index is 6.11. The molecule has 0 spiro atoms. The van der Waals surface area contributed by atoms with Gasteiger partial charge in [0, 0.05) is 20.1 Å². The first kappa shape index (κ1) is 13.4. The molecule has 0 aromatic carbocycles. The molecule has 1 fully saturated rings. The van der Waals surface area contributed by atoms with Gasteiger partial charge in [0.2, 0.25) is 0 Å². The normalized spacial score (nSPS) is 20.6. The molecular weight excluding hydrogens is 248 g/mol. The monoisotopic (exact) mass is 268 g/mol. The summed E-state index contributed by atoms with van der Waals surface area (Å²) in [6.07, 6.45) is 6.60. The lowest BCUT2D eigenvalue weighted by Crippen LogP contribution is -2.26. The number of hydrogen-bond acceptors (Lipinski definition) is 4. The molecule has 2 heterocycles. The van der Waals surface area contributed by atoms with Crippen LogP contribution in [0.3, 0.4) is 0 Å². The Hall–Kier alpha value is -1.03. The minimum Gasteiger partial charge on any atom is -0.383 e. The van der Waals surface area contributed by atoms with E-state index in [2.05, 4.69) is 27.1 Å². The van der Waals surface area contributed by atoms with Crippen molar-refractivity contribution < 1.29 is 0 Å². The van der Waals surface area contributed by atoms with Crippen LogP contribution >= 0.6 is 11.6 Å². The topological polar surface area (TPSA) is 41.1 Å². The zero-order valence-electron chi connectivity index (χ0n) is 11.1. The molecule has 2 rings (SSSR count). The molecule has 5 heteroatoms. The van der Waals surface area contributed by atoms with Crippen molar-refractivity contribution >= 4 is 23.1 Å². The average molecular weight is 269 g/mol. The van der Waals surface area contributed by atoms with E-state index in [1.165, 1.54) is 25.7 Å². The smallest absolute Gasteiger partial charge is 0.157 e. The van der Waals surface area contributed by atoms with Crippen molar-refractivity contribution in [3.63, 3.8) is 0 Å². The van der Waals surface area contributed by atoms with Gasteiger partial charge in [0.1, 0.15) is 12.0 Å². The third-order valence-corrected chi connectivity index (χ3v) is 4.04. The van der Waals surface area contributed by atoms with Crippen LogP contribution in [-0.2, 0) is 0 Å². The fourth-order valence-corrected chi connectivity index (χ4v) is 2.82. The molecule has 18 heavy (non-hydrogen) atoms. The molecule has 1 atom stereocenters. The van der Waals surface area contributed by atoms with Gasteiger partial charge < -0.3 is 10.2 Å². The van der Waals surface area contributed by atoms with E-state index in [4.69, 9.17) is 11.6 Å². The fraction of sp³-hybridized carbons (Fsp3) is 0.692. The van der Waals surface area contributed by atoms with Crippen LogP contribution in [0.5, 0.6) is 0 Å². The molecule has 1 N–H and O–H groups in total. The van der Waals surface area contributed by atoms with Crippen LogP contribution in [0.2, 0.25) is 5.15 Å². The molecule has 1 aromatic heterocycles. The summed E-state index contributed by atoms with van der Waals surface area (Å²) in [5.74, 6) is 1.79. The van der Waals surface area contributed by atoms with Crippen LogP contribution in [0.15, 0.2) is 6.33 Å². The van der Waals surface area contributed by atoms with Gasteiger partial charge in [-0.25, -0.2) is 9.97 Å². The Morgan fingerprint density at radius 3 is 2.94 bits per heavy atom. The summed E-state index contributed by atoms with van der Waals surface area (Å²) in [6, 6.07) is 0. The van der Waals surface area contributed by atoms with Crippen LogP contribution < -0.4 is 10.2 Å². The van der Waals surface area contributed by atoms with Crippen molar-refractivity contribution in [2.75, 3.05) is 30.4 Å². The van der Waals surface area contributed by atoms with Gasteiger partial charge in [-0.15, -0.1) is 0 Å². The highest BCUT2D eigenvalue weighted by Crippen LogP contribution is 2.31. The number of aromatic nitrogens is 2. The van der Waals surface area contributed by atoms with Crippen molar-refractivity contribution in [2.24, 2.45) is 5.92 Å². The van der Waals surface area contributed by atoms with Crippen molar-refractivity contribution in [2.45, 2.75) is 32.6 Å². The maximum absolute atomic E-state index is 6.11. The molecular formula is C13H21ClN4. The number of hydrogen-bond donors (Lipinski definition) is 1. The van der Waals surface area contributed by atoms with Crippen LogP contribution in [0.4, 0.5) is 11.5 Å². The second kappa shape index (κ2) is 6.23. The summed E-state index contributed by atoms with van der Waals surface area (Å²) in [4.78, 5) is 10.7. The molecule has 0 radical (unpaired) electrons. The Morgan fingerprint density at radius 1 is 1.39 bits per heavy atom. The molecule has 0 amide bonds. The lowest BCUT2D eigenvalue weighted by atomic mass is 9.98. The molecule has 1 unspecified atom stereocenters. The van der Waals surface area contributed by atoms with Crippen molar-refractivity contribution in [3.05, 3.63) is 11.5 Å². The predicted molar refractivity (Wildman–Crippen MR) is 76.4 cm³/mol.